The molecule has 4 nitrogen and oxygen atoms in total. The predicted molar refractivity (Wildman–Crippen MR) is 123 cm³/mol. The standard InChI is InChI=1S/C27H48O4/c1-18(2)7-6-8-19(3)22-11-12-23-21-10-9-20-17-27(30-28,31-29)16-15-25(20,4)24(21)13-14-26(22,23)5/h18-24,28-29H,6-17H2,1-5H3/t19-,20?,21+,22-,23+,24+,25+,26-/m1/s1. The Hall–Kier alpha value is -0.160. The van der Waals surface area contributed by atoms with Crippen molar-refractivity contribution in [2.45, 2.75) is 117 Å². The molecule has 4 rings (SSSR count). The van der Waals surface area contributed by atoms with Gasteiger partial charge in [0.15, 0.2) is 0 Å². The minimum Gasteiger partial charge on any atom is -0.249 e. The van der Waals surface area contributed by atoms with Crippen molar-refractivity contribution in [3.8, 4) is 0 Å². The fourth-order valence-corrected chi connectivity index (χ4v) is 9.40. The molecule has 0 amide bonds. The molecule has 1 unspecified atom stereocenters. The molecule has 0 heterocycles. The lowest BCUT2D eigenvalue weighted by Crippen LogP contribution is -2.56. The van der Waals surface area contributed by atoms with E-state index in [4.69, 9.17) is 0 Å². The van der Waals surface area contributed by atoms with Gasteiger partial charge in [-0.15, -0.1) is 0 Å². The minimum absolute atomic E-state index is 0.284. The van der Waals surface area contributed by atoms with Gasteiger partial charge in [-0.3, -0.25) is 0 Å². The quantitative estimate of drug-likeness (QED) is 0.243. The van der Waals surface area contributed by atoms with Gasteiger partial charge in [0, 0.05) is 12.8 Å². The van der Waals surface area contributed by atoms with Crippen LogP contribution in [0, 0.1) is 52.3 Å². The maximum Gasteiger partial charge on any atom is 0.233 e. The van der Waals surface area contributed by atoms with Crippen LogP contribution in [-0.4, -0.2) is 16.3 Å². The predicted octanol–water partition coefficient (Wildman–Crippen LogP) is 7.78. The van der Waals surface area contributed by atoms with E-state index in [0.717, 1.165) is 41.9 Å². The molecule has 0 saturated heterocycles. The average molecular weight is 437 g/mol. The van der Waals surface area contributed by atoms with Crippen LogP contribution in [-0.2, 0) is 9.78 Å². The number of hydrogen-bond acceptors (Lipinski definition) is 4. The first-order valence-corrected chi connectivity index (χ1v) is 13.3. The zero-order valence-electron chi connectivity index (χ0n) is 20.7. The van der Waals surface area contributed by atoms with Crippen LogP contribution >= 0.6 is 0 Å². The Morgan fingerprint density at radius 3 is 2.19 bits per heavy atom. The first kappa shape index (κ1) is 24.0. The molecule has 4 heteroatoms. The van der Waals surface area contributed by atoms with Crippen molar-refractivity contribution in [3.63, 3.8) is 0 Å². The largest absolute Gasteiger partial charge is 0.249 e. The highest BCUT2D eigenvalue weighted by atomic mass is 17.2. The topological polar surface area (TPSA) is 58.9 Å². The molecule has 0 radical (unpaired) electrons. The molecule has 2 N–H and O–H groups in total. The van der Waals surface area contributed by atoms with Gasteiger partial charge in [0.25, 0.3) is 0 Å². The van der Waals surface area contributed by atoms with Crippen LogP contribution in [0.15, 0.2) is 0 Å². The summed E-state index contributed by atoms with van der Waals surface area (Å²) in [7, 11) is 0. The van der Waals surface area contributed by atoms with E-state index < -0.39 is 5.79 Å². The summed E-state index contributed by atoms with van der Waals surface area (Å²) in [5, 5.41) is 18.8. The lowest BCUT2D eigenvalue weighted by molar-refractivity contribution is -0.499. The molecule has 180 valence electrons. The summed E-state index contributed by atoms with van der Waals surface area (Å²) in [4.78, 5) is 9.32. The Morgan fingerprint density at radius 2 is 1.52 bits per heavy atom. The second-order valence-electron chi connectivity index (χ2n) is 13.0. The third-order valence-electron chi connectivity index (χ3n) is 11.2. The Morgan fingerprint density at radius 1 is 0.806 bits per heavy atom. The van der Waals surface area contributed by atoms with Crippen molar-refractivity contribution >= 4 is 0 Å². The van der Waals surface area contributed by atoms with Crippen LogP contribution in [0.5, 0.6) is 0 Å². The van der Waals surface area contributed by atoms with Crippen LogP contribution in [0.2, 0.25) is 0 Å². The van der Waals surface area contributed by atoms with Gasteiger partial charge in [-0.05, 0) is 97.2 Å². The highest BCUT2D eigenvalue weighted by molar-refractivity contribution is 5.10. The smallest absolute Gasteiger partial charge is 0.233 e. The summed E-state index contributed by atoms with van der Waals surface area (Å²) in [6.45, 7) is 12.4. The summed E-state index contributed by atoms with van der Waals surface area (Å²) < 4.78 is 0. The Labute approximate surface area is 190 Å². The number of hydrogen-bond donors (Lipinski definition) is 2. The summed E-state index contributed by atoms with van der Waals surface area (Å²) in [6, 6.07) is 0. The van der Waals surface area contributed by atoms with E-state index in [2.05, 4.69) is 44.4 Å². The molecule has 0 aromatic carbocycles. The van der Waals surface area contributed by atoms with Gasteiger partial charge in [-0.1, -0.05) is 53.9 Å². The van der Waals surface area contributed by atoms with Gasteiger partial charge in [-0.2, -0.15) is 0 Å². The molecular weight excluding hydrogens is 388 g/mol. The molecule has 4 aliphatic carbocycles. The highest BCUT2D eigenvalue weighted by Crippen LogP contribution is 2.69. The molecule has 4 fully saturated rings. The molecule has 8 atom stereocenters. The Balaban J connectivity index is 1.46. The van der Waals surface area contributed by atoms with Gasteiger partial charge >= 0.3 is 0 Å². The first-order valence-electron chi connectivity index (χ1n) is 13.3. The maximum absolute atomic E-state index is 9.39. The fourth-order valence-electron chi connectivity index (χ4n) is 9.40. The van der Waals surface area contributed by atoms with E-state index in [1.165, 1.54) is 57.8 Å². The van der Waals surface area contributed by atoms with Gasteiger partial charge < -0.3 is 0 Å². The third kappa shape index (κ3) is 4.02. The van der Waals surface area contributed by atoms with Gasteiger partial charge in [0.05, 0.1) is 0 Å². The number of rotatable bonds is 7. The van der Waals surface area contributed by atoms with Crippen molar-refractivity contribution in [2.24, 2.45) is 52.3 Å². The first-order chi connectivity index (χ1) is 14.7. The van der Waals surface area contributed by atoms with E-state index in [9.17, 15) is 10.5 Å². The van der Waals surface area contributed by atoms with Crippen LogP contribution in [0.3, 0.4) is 0 Å². The molecule has 4 saturated carbocycles. The highest BCUT2D eigenvalue weighted by Gasteiger charge is 2.62. The van der Waals surface area contributed by atoms with Crippen molar-refractivity contribution in [1.29, 1.82) is 0 Å². The van der Waals surface area contributed by atoms with Gasteiger partial charge in [0.2, 0.25) is 5.79 Å². The summed E-state index contributed by atoms with van der Waals surface area (Å²) in [5.41, 5.74) is 0.814. The van der Waals surface area contributed by atoms with Crippen molar-refractivity contribution in [3.05, 3.63) is 0 Å². The fraction of sp³-hybridized carbons (Fsp3) is 1.00. The van der Waals surface area contributed by atoms with Crippen LogP contribution in [0.4, 0.5) is 0 Å². The SMILES string of the molecule is CC(C)CCC[C@@H](C)[C@H]1CC[C@H]2[C@@H]3CCC4CC(OO)(OO)CC[C@]4(C)[C@H]3CC[C@]12C. The second kappa shape index (κ2) is 8.89. The molecule has 4 aliphatic rings. The van der Waals surface area contributed by atoms with Gasteiger partial charge in [-0.25, -0.2) is 20.3 Å². The Kier molecular flexibility index (Phi) is 6.88. The lowest BCUT2D eigenvalue weighted by Gasteiger charge is -2.62. The monoisotopic (exact) mass is 436 g/mol. The van der Waals surface area contributed by atoms with Crippen LogP contribution in [0.25, 0.3) is 0 Å². The van der Waals surface area contributed by atoms with E-state index in [0.29, 0.717) is 24.2 Å². The van der Waals surface area contributed by atoms with Gasteiger partial charge in [0.1, 0.15) is 0 Å². The van der Waals surface area contributed by atoms with Crippen molar-refractivity contribution in [2.75, 3.05) is 0 Å². The molecule has 0 aromatic heterocycles. The van der Waals surface area contributed by atoms with E-state index in [1.807, 2.05) is 0 Å². The van der Waals surface area contributed by atoms with Crippen molar-refractivity contribution < 1.29 is 20.3 Å². The molecule has 0 aromatic rings. The lowest BCUT2D eigenvalue weighted by atomic mass is 9.44. The molecule has 0 aliphatic heterocycles. The Bertz CT molecular complexity index is 616. The second-order valence-corrected chi connectivity index (χ2v) is 13.0. The number of fused-ring (bicyclic) bond motifs is 5. The minimum atomic E-state index is -1.20. The summed E-state index contributed by atoms with van der Waals surface area (Å²) >= 11 is 0. The van der Waals surface area contributed by atoms with Crippen LogP contribution in [0.1, 0.15) is 112 Å². The molecule has 31 heavy (non-hydrogen) atoms. The van der Waals surface area contributed by atoms with E-state index in [1.54, 1.807) is 0 Å². The third-order valence-corrected chi connectivity index (χ3v) is 11.2. The summed E-state index contributed by atoms with van der Waals surface area (Å²) in [5.74, 6) is 4.35. The van der Waals surface area contributed by atoms with E-state index in [-0.39, 0.29) is 5.41 Å². The average Bonchev–Trinajstić information content (AvgIpc) is 3.10. The van der Waals surface area contributed by atoms with E-state index >= 15 is 0 Å². The summed E-state index contributed by atoms with van der Waals surface area (Å²) in [6.07, 6.45) is 14.4. The maximum atomic E-state index is 9.39. The normalized spacial score (nSPS) is 45.1. The molecule has 0 bridgehead atoms. The zero-order chi connectivity index (χ0) is 22.4. The van der Waals surface area contributed by atoms with Crippen molar-refractivity contribution in [1.82, 2.24) is 0 Å². The molecule has 0 spiro atoms. The zero-order valence-corrected chi connectivity index (χ0v) is 20.7. The van der Waals surface area contributed by atoms with Crippen LogP contribution < -0.4 is 0 Å². The molecular formula is C27H48O4.